The zero-order valence-corrected chi connectivity index (χ0v) is 24.5. The Morgan fingerprint density at radius 2 is 1.16 bits per heavy atom. The lowest BCUT2D eigenvalue weighted by Crippen LogP contribution is -2.16. The van der Waals surface area contributed by atoms with Crippen LogP contribution in [0.15, 0.2) is 140 Å². The van der Waals surface area contributed by atoms with Crippen molar-refractivity contribution < 1.29 is 4.74 Å². The number of hydrogen-bond donors (Lipinski definition) is 0. The third kappa shape index (κ3) is 3.64. The molecule has 9 rings (SSSR count). The largest absolute Gasteiger partial charge is 0.453 e. The van der Waals surface area contributed by atoms with E-state index in [1.54, 1.807) is 0 Å². The first-order chi connectivity index (χ1) is 21.6. The molecule has 0 saturated heterocycles. The van der Waals surface area contributed by atoms with Crippen LogP contribution in [-0.2, 0) is 0 Å². The van der Waals surface area contributed by atoms with Gasteiger partial charge in [0, 0.05) is 39.4 Å². The Kier molecular flexibility index (Phi) is 5.29. The van der Waals surface area contributed by atoms with Crippen molar-refractivity contribution in [3.05, 3.63) is 151 Å². The Hall–Kier alpha value is -5.74. The Morgan fingerprint density at radius 1 is 0.500 bits per heavy atom. The topological polar surface area (TPSA) is 22.3 Å². The number of para-hydroxylation sites is 2. The standard InChI is InChI=1S/C40H29N3O/c1-26-12-20-35-37(24-26)44-38-25-27(2)13-21-36(38)42(35)30-15-17-31(18-16-30)43-34-11-7-6-10-32(34)33-19-14-28-22-23-41(39(28)40(33)43)29-8-4-3-5-9-29/h3-25H,1-2H3. The van der Waals surface area contributed by atoms with Gasteiger partial charge in [0.2, 0.25) is 0 Å². The third-order valence-corrected chi connectivity index (χ3v) is 8.82. The molecule has 6 aromatic carbocycles. The summed E-state index contributed by atoms with van der Waals surface area (Å²) >= 11 is 0. The molecule has 0 unspecified atom stereocenters. The number of rotatable bonds is 3. The second kappa shape index (κ2) is 9.38. The Labute approximate surface area is 255 Å². The van der Waals surface area contributed by atoms with Crippen molar-refractivity contribution in [2.75, 3.05) is 4.90 Å². The van der Waals surface area contributed by atoms with E-state index in [0.717, 1.165) is 39.9 Å². The normalized spacial score (nSPS) is 12.5. The fourth-order valence-corrected chi connectivity index (χ4v) is 6.80. The molecule has 0 atom stereocenters. The predicted octanol–water partition coefficient (Wildman–Crippen LogP) is 10.9. The first-order valence-electron chi connectivity index (χ1n) is 15.0. The number of aromatic nitrogens is 2. The van der Waals surface area contributed by atoms with E-state index in [9.17, 15) is 0 Å². The van der Waals surface area contributed by atoms with E-state index >= 15 is 0 Å². The summed E-state index contributed by atoms with van der Waals surface area (Å²) in [4.78, 5) is 2.31. The summed E-state index contributed by atoms with van der Waals surface area (Å²) in [7, 11) is 0. The van der Waals surface area contributed by atoms with Crippen molar-refractivity contribution in [3.8, 4) is 22.9 Å². The highest BCUT2D eigenvalue weighted by molar-refractivity contribution is 6.18. The molecule has 0 radical (unpaired) electrons. The molecule has 3 heterocycles. The van der Waals surface area contributed by atoms with Gasteiger partial charge < -0.3 is 18.8 Å². The molecule has 0 amide bonds. The molecule has 0 spiro atoms. The highest BCUT2D eigenvalue weighted by Crippen LogP contribution is 2.51. The first kappa shape index (κ1) is 24.8. The summed E-state index contributed by atoms with van der Waals surface area (Å²) in [6.07, 6.45) is 2.18. The average Bonchev–Trinajstić information content (AvgIpc) is 3.63. The minimum absolute atomic E-state index is 0.874. The van der Waals surface area contributed by atoms with Crippen LogP contribution in [0.1, 0.15) is 11.1 Å². The predicted molar refractivity (Wildman–Crippen MR) is 182 cm³/mol. The molecule has 1 aliphatic rings. The van der Waals surface area contributed by atoms with E-state index in [-0.39, 0.29) is 0 Å². The van der Waals surface area contributed by atoms with Crippen LogP contribution in [0.3, 0.4) is 0 Å². The number of anilines is 3. The van der Waals surface area contributed by atoms with Gasteiger partial charge in [0.15, 0.2) is 11.5 Å². The van der Waals surface area contributed by atoms with Crippen LogP contribution in [0.25, 0.3) is 44.1 Å². The molecule has 4 heteroatoms. The minimum atomic E-state index is 0.874. The summed E-state index contributed by atoms with van der Waals surface area (Å²) in [5.74, 6) is 1.75. The monoisotopic (exact) mass is 567 g/mol. The average molecular weight is 568 g/mol. The number of fused-ring (bicyclic) bond motifs is 7. The summed E-state index contributed by atoms with van der Waals surface area (Å²) < 4.78 is 11.1. The molecule has 210 valence electrons. The van der Waals surface area contributed by atoms with Crippen LogP contribution < -0.4 is 9.64 Å². The second-order valence-electron chi connectivity index (χ2n) is 11.7. The zero-order chi connectivity index (χ0) is 29.4. The van der Waals surface area contributed by atoms with E-state index in [2.05, 4.69) is 168 Å². The maximum absolute atomic E-state index is 6.40. The van der Waals surface area contributed by atoms with Crippen molar-refractivity contribution in [2.24, 2.45) is 0 Å². The highest BCUT2D eigenvalue weighted by atomic mass is 16.5. The molecular weight excluding hydrogens is 538 g/mol. The number of aryl methyl sites for hydroxylation is 2. The summed E-state index contributed by atoms with van der Waals surface area (Å²) in [5, 5.41) is 3.71. The van der Waals surface area contributed by atoms with Crippen molar-refractivity contribution in [1.82, 2.24) is 9.13 Å². The molecule has 2 aromatic heterocycles. The molecule has 0 N–H and O–H groups in total. The van der Waals surface area contributed by atoms with Crippen LogP contribution in [0, 0.1) is 13.8 Å². The fourth-order valence-electron chi connectivity index (χ4n) is 6.80. The van der Waals surface area contributed by atoms with Gasteiger partial charge in [-0.25, -0.2) is 0 Å². The molecule has 8 aromatic rings. The molecular formula is C40H29N3O. The van der Waals surface area contributed by atoms with Crippen molar-refractivity contribution >= 4 is 49.8 Å². The van der Waals surface area contributed by atoms with Gasteiger partial charge in [0.1, 0.15) is 0 Å². The Balaban J connectivity index is 1.27. The van der Waals surface area contributed by atoms with Gasteiger partial charge in [-0.05, 0) is 97.8 Å². The molecule has 4 nitrogen and oxygen atoms in total. The molecule has 0 saturated carbocycles. The van der Waals surface area contributed by atoms with Crippen LogP contribution in [0.2, 0.25) is 0 Å². The van der Waals surface area contributed by atoms with Gasteiger partial charge in [-0.3, -0.25) is 0 Å². The quantitative estimate of drug-likeness (QED) is 0.212. The van der Waals surface area contributed by atoms with Crippen LogP contribution in [0.5, 0.6) is 11.5 Å². The second-order valence-corrected chi connectivity index (χ2v) is 11.7. The van der Waals surface area contributed by atoms with Crippen molar-refractivity contribution in [3.63, 3.8) is 0 Å². The summed E-state index contributed by atoms with van der Waals surface area (Å²) in [6, 6.07) is 47.8. The zero-order valence-electron chi connectivity index (χ0n) is 24.5. The van der Waals surface area contributed by atoms with Crippen LogP contribution in [0.4, 0.5) is 17.1 Å². The van der Waals surface area contributed by atoms with Crippen LogP contribution in [-0.4, -0.2) is 9.13 Å². The Bertz CT molecular complexity index is 2330. The van der Waals surface area contributed by atoms with Gasteiger partial charge in [-0.1, -0.05) is 60.7 Å². The lowest BCUT2D eigenvalue weighted by atomic mass is 10.1. The number of ether oxygens (including phenoxy) is 1. The van der Waals surface area contributed by atoms with Crippen molar-refractivity contribution in [1.29, 1.82) is 0 Å². The highest BCUT2D eigenvalue weighted by Gasteiger charge is 2.26. The van der Waals surface area contributed by atoms with Crippen molar-refractivity contribution in [2.45, 2.75) is 13.8 Å². The Morgan fingerprint density at radius 3 is 1.89 bits per heavy atom. The molecule has 1 aliphatic heterocycles. The van der Waals surface area contributed by atoms with E-state index < -0.39 is 0 Å². The van der Waals surface area contributed by atoms with E-state index in [1.807, 2.05) is 0 Å². The minimum Gasteiger partial charge on any atom is -0.453 e. The fraction of sp³-hybridized carbons (Fsp3) is 0.0500. The summed E-state index contributed by atoms with van der Waals surface area (Å²) in [6.45, 7) is 4.21. The number of benzene rings is 6. The molecule has 0 aliphatic carbocycles. The lowest BCUT2D eigenvalue weighted by Gasteiger charge is -2.33. The smallest absolute Gasteiger partial charge is 0.151 e. The molecule has 0 fully saturated rings. The maximum Gasteiger partial charge on any atom is 0.151 e. The molecule has 44 heavy (non-hydrogen) atoms. The number of nitrogens with zero attached hydrogens (tertiary/aromatic N) is 3. The van der Waals surface area contributed by atoms with Gasteiger partial charge in [-0.15, -0.1) is 0 Å². The van der Waals surface area contributed by atoms with Gasteiger partial charge >= 0.3 is 0 Å². The van der Waals surface area contributed by atoms with Crippen LogP contribution >= 0.6 is 0 Å². The summed E-state index contributed by atoms with van der Waals surface area (Å²) in [5.41, 5.74) is 11.4. The van der Waals surface area contributed by atoms with E-state index in [1.165, 1.54) is 43.8 Å². The third-order valence-electron chi connectivity index (χ3n) is 8.82. The van der Waals surface area contributed by atoms with Gasteiger partial charge in [0.25, 0.3) is 0 Å². The maximum atomic E-state index is 6.40. The number of hydrogen-bond acceptors (Lipinski definition) is 2. The lowest BCUT2D eigenvalue weighted by molar-refractivity contribution is 0.476. The first-order valence-corrected chi connectivity index (χ1v) is 15.0. The molecule has 0 bridgehead atoms. The van der Waals surface area contributed by atoms with Gasteiger partial charge in [-0.2, -0.15) is 0 Å². The SMILES string of the molecule is Cc1ccc2c(c1)Oc1cc(C)ccc1N2c1ccc(-n2c3ccccc3c3ccc4ccn(-c5ccccc5)c4c32)cc1. The van der Waals surface area contributed by atoms with Gasteiger partial charge in [0.05, 0.1) is 27.9 Å². The van der Waals surface area contributed by atoms with E-state index in [0.29, 0.717) is 0 Å². The van der Waals surface area contributed by atoms with E-state index in [4.69, 9.17) is 4.74 Å².